The number of nitrogens with one attached hydrogen (secondary N) is 1. The van der Waals surface area contributed by atoms with Gasteiger partial charge in [-0.1, -0.05) is 6.92 Å². The van der Waals surface area contributed by atoms with Gasteiger partial charge in [-0.05, 0) is 19.3 Å². The Balaban J connectivity index is 1.93. The first-order valence-corrected chi connectivity index (χ1v) is 7.12. The number of aromatic nitrogens is 2. The van der Waals surface area contributed by atoms with Crippen molar-refractivity contribution in [2.24, 2.45) is 0 Å². The summed E-state index contributed by atoms with van der Waals surface area (Å²) in [5.74, 6) is 1.07. The van der Waals surface area contributed by atoms with Crippen LogP contribution >= 0.6 is 0 Å². The van der Waals surface area contributed by atoms with Crippen LogP contribution in [-0.2, 0) is 11.2 Å². The zero-order valence-electron chi connectivity index (χ0n) is 11.9. The van der Waals surface area contributed by atoms with Gasteiger partial charge in [0.05, 0.1) is 6.61 Å². The normalized spacial score (nSPS) is 19.1. The SMILES string of the molecule is CCc1cc(N2CCCC2CNCCOC)ncn1. The van der Waals surface area contributed by atoms with Crippen molar-refractivity contribution in [3.05, 3.63) is 18.1 Å². The molecule has 0 aliphatic carbocycles. The van der Waals surface area contributed by atoms with Gasteiger partial charge in [0, 0.05) is 44.5 Å². The van der Waals surface area contributed by atoms with E-state index in [2.05, 4.69) is 33.2 Å². The first kappa shape index (κ1) is 14.2. The van der Waals surface area contributed by atoms with Crippen LogP contribution in [0.15, 0.2) is 12.4 Å². The largest absolute Gasteiger partial charge is 0.383 e. The first-order valence-electron chi connectivity index (χ1n) is 7.12. The Morgan fingerprint density at radius 2 is 2.37 bits per heavy atom. The number of nitrogens with zero attached hydrogens (tertiary/aromatic N) is 3. The zero-order valence-corrected chi connectivity index (χ0v) is 11.9. The topological polar surface area (TPSA) is 50.3 Å². The first-order chi connectivity index (χ1) is 9.35. The molecule has 0 saturated carbocycles. The average molecular weight is 264 g/mol. The van der Waals surface area contributed by atoms with Gasteiger partial charge in [-0.3, -0.25) is 0 Å². The number of rotatable bonds is 7. The lowest BCUT2D eigenvalue weighted by Gasteiger charge is -2.26. The third-order valence-corrected chi connectivity index (χ3v) is 3.61. The van der Waals surface area contributed by atoms with Crippen LogP contribution in [0.4, 0.5) is 5.82 Å². The molecule has 0 aromatic carbocycles. The van der Waals surface area contributed by atoms with Crippen molar-refractivity contribution < 1.29 is 4.74 Å². The van der Waals surface area contributed by atoms with Gasteiger partial charge in [0.1, 0.15) is 12.1 Å². The third kappa shape index (κ3) is 3.88. The molecule has 1 saturated heterocycles. The number of aryl methyl sites for hydroxylation is 1. The van der Waals surface area contributed by atoms with E-state index < -0.39 is 0 Å². The Morgan fingerprint density at radius 1 is 1.47 bits per heavy atom. The van der Waals surface area contributed by atoms with E-state index in [1.807, 2.05) is 0 Å². The van der Waals surface area contributed by atoms with Crippen LogP contribution in [0, 0.1) is 0 Å². The maximum Gasteiger partial charge on any atom is 0.132 e. The molecule has 2 rings (SSSR count). The highest BCUT2D eigenvalue weighted by atomic mass is 16.5. The molecule has 5 heteroatoms. The molecule has 0 spiro atoms. The van der Waals surface area contributed by atoms with Crippen molar-refractivity contribution in [3.63, 3.8) is 0 Å². The van der Waals surface area contributed by atoms with Crippen LogP contribution < -0.4 is 10.2 Å². The molecule has 1 aromatic rings. The Labute approximate surface area is 115 Å². The third-order valence-electron chi connectivity index (χ3n) is 3.61. The van der Waals surface area contributed by atoms with Crippen molar-refractivity contribution in [1.82, 2.24) is 15.3 Å². The minimum Gasteiger partial charge on any atom is -0.383 e. The van der Waals surface area contributed by atoms with E-state index >= 15 is 0 Å². The standard InChI is InChI=1S/C14H24N4O/c1-3-12-9-14(17-11-16-12)18-7-4-5-13(18)10-15-6-8-19-2/h9,11,13,15H,3-8,10H2,1-2H3. The fraction of sp³-hybridized carbons (Fsp3) is 0.714. The molecule has 1 aromatic heterocycles. The van der Waals surface area contributed by atoms with Gasteiger partial charge in [0.15, 0.2) is 0 Å². The molecule has 5 nitrogen and oxygen atoms in total. The summed E-state index contributed by atoms with van der Waals surface area (Å²) < 4.78 is 5.05. The molecule has 1 unspecified atom stereocenters. The molecule has 19 heavy (non-hydrogen) atoms. The number of hydrogen-bond acceptors (Lipinski definition) is 5. The van der Waals surface area contributed by atoms with Crippen LogP contribution in [0.1, 0.15) is 25.5 Å². The molecule has 106 valence electrons. The summed E-state index contributed by atoms with van der Waals surface area (Å²) in [7, 11) is 1.73. The summed E-state index contributed by atoms with van der Waals surface area (Å²) in [6.07, 6.45) is 5.11. The minimum atomic E-state index is 0.538. The predicted octanol–water partition coefficient (Wildman–Crippen LogP) is 1.24. The molecule has 1 aliphatic rings. The second-order valence-corrected chi connectivity index (χ2v) is 4.91. The summed E-state index contributed by atoms with van der Waals surface area (Å²) >= 11 is 0. The van der Waals surface area contributed by atoms with E-state index in [0.29, 0.717) is 6.04 Å². The van der Waals surface area contributed by atoms with E-state index in [9.17, 15) is 0 Å². The summed E-state index contributed by atoms with van der Waals surface area (Å²) in [6.45, 7) is 5.89. The summed E-state index contributed by atoms with van der Waals surface area (Å²) in [5.41, 5.74) is 1.11. The highest BCUT2D eigenvalue weighted by Gasteiger charge is 2.25. The highest BCUT2D eigenvalue weighted by molar-refractivity contribution is 5.41. The fourth-order valence-electron chi connectivity index (χ4n) is 2.53. The Hall–Kier alpha value is -1.20. The molecule has 1 aliphatic heterocycles. The van der Waals surface area contributed by atoms with Gasteiger partial charge in [0.2, 0.25) is 0 Å². The number of anilines is 1. The molecule has 1 fully saturated rings. The Bertz CT molecular complexity index is 385. The molecule has 2 heterocycles. The van der Waals surface area contributed by atoms with Gasteiger partial charge in [0.25, 0.3) is 0 Å². The molecule has 1 N–H and O–H groups in total. The van der Waals surface area contributed by atoms with Crippen molar-refractivity contribution in [2.75, 3.05) is 38.3 Å². The molecular weight excluding hydrogens is 240 g/mol. The Morgan fingerprint density at radius 3 is 3.16 bits per heavy atom. The van der Waals surface area contributed by atoms with Crippen LogP contribution in [0.3, 0.4) is 0 Å². The number of methoxy groups -OCH3 is 1. The van der Waals surface area contributed by atoms with Gasteiger partial charge in [-0.25, -0.2) is 9.97 Å². The monoisotopic (exact) mass is 264 g/mol. The second-order valence-electron chi connectivity index (χ2n) is 4.91. The van der Waals surface area contributed by atoms with E-state index in [1.165, 1.54) is 12.8 Å². The van der Waals surface area contributed by atoms with Gasteiger partial charge < -0.3 is 15.0 Å². The summed E-state index contributed by atoms with van der Waals surface area (Å²) in [5, 5.41) is 3.45. The van der Waals surface area contributed by atoms with Crippen LogP contribution in [0.2, 0.25) is 0 Å². The fourth-order valence-corrected chi connectivity index (χ4v) is 2.53. The van der Waals surface area contributed by atoms with E-state index in [4.69, 9.17) is 4.74 Å². The van der Waals surface area contributed by atoms with Crippen molar-refractivity contribution in [2.45, 2.75) is 32.2 Å². The van der Waals surface area contributed by atoms with Crippen molar-refractivity contribution in [3.8, 4) is 0 Å². The van der Waals surface area contributed by atoms with Gasteiger partial charge in [-0.15, -0.1) is 0 Å². The van der Waals surface area contributed by atoms with E-state index in [-0.39, 0.29) is 0 Å². The smallest absolute Gasteiger partial charge is 0.132 e. The number of hydrogen-bond donors (Lipinski definition) is 1. The second kappa shape index (κ2) is 7.40. The lowest BCUT2D eigenvalue weighted by atomic mass is 10.2. The Kier molecular flexibility index (Phi) is 5.54. The lowest BCUT2D eigenvalue weighted by Crippen LogP contribution is -2.39. The van der Waals surface area contributed by atoms with E-state index in [0.717, 1.165) is 44.2 Å². The van der Waals surface area contributed by atoms with Crippen LogP contribution in [0.5, 0.6) is 0 Å². The maximum atomic E-state index is 5.05. The molecule has 0 radical (unpaired) electrons. The van der Waals surface area contributed by atoms with Gasteiger partial charge >= 0.3 is 0 Å². The van der Waals surface area contributed by atoms with E-state index in [1.54, 1.807) is 13.4 Å². The summed E-state index contributed by atoms with van der Waals surface area (Å²) in [6, 6.07) is 2.66. The molecule has 0 amide bonds. The predicted molar refractivity (Wildman–Crippen MR) is 76.5 cm³/mol. The average Bonchev–Trinajstić information content (AvgIpc) is 2.92. The van der Waals surface area contributed by atoms with Gasteiger partial charge in [-0.2, -0.15) is 0 Å². The van der Waals surface area contributed by atoms with Crippen molar-refractivity contribution in [1.29, 1.82) is 0 Å². The maximum absolute atomic E-state index is 5.05. The number of ether oxygens (including phenoxy) is 1. The van der Waals surface area contributed by atoms with Crippen LogP contribution in [-0.4, -0.2) is 49.4 Å². The highest BCUT2D eigenvalue weighted by Crippen LogP contribution is 2.23. The lowest BCUT2D eigenvalue weighted by molar-refractivity contribution is 0.199. The molecular formula is C14H24N4O. The van der Waals surface area contributed by atoms with Crippen molar-refractivity contribution >= 4 is 5.82 Å². The molecule has 0 bridgehead atoms. The quantitative estimate of drug-likeness (QED) is 0.751. The molecule has 1 atom stereocenters. The minimum absolute atomic E-state index is 0.538. The zero-order chi connectivity index (χ0) is 13.5. The summed E-state index contributed by atoms with van der Waals surface area (Å²) in [4.78, 5) is 11.1. The van der Waals surface area contributed by atoms with Crippen LogP contribution in [0.25, 0.3) is 0 Å².